The number of hydrogen-bond donors (Lipinski definition) is 2. The van der Waals surface area contributed by atoms with Gasteiger partial charge in [0.05, 0.1) is 12.3 Å². The second-order valence-electron chi connectivity index (χ2n) is 5.87. The summed E-state index contributed by atoms with van der Waals surface area (Å²) in [6.45, 7) is 3.28. The first-order chi connectivity index (χ1) is 12.1. The Morgan fingerprint density at radius 1 is 1.28 bits per heavy atom. The molecule has 0 radical (unpaired) electrons. The molecule has 134 valence electrons. The summed E-state index contributed by atoms with van der Waals surface area (Å²) in [6, 6.07) is 13.4. The zero-order chi connectivity index (χ0) is 18.1. The van der Waals surface area contributed by atoms with Gasteiger partial charge in [-0.05, 0) is 36.2 Å². The fraction of sp³-hybridized carbons (Fsp3) is 0.368. The lowest BCUT2D eigenvalue weighted by molar-refractivity contribution is -0.119. The first-order valence-electron chi connectivity index (χ1n) is 8.37. The maximum Gasteiger partial charge on any atom is 0.255 e. The predicted molar refractivity (Wildman–Crippen MR) is 95.8 cm³/mol. The first-order valence-corrected chi connectivity index (χ1v) is 8.37. The third kappa shape index (κ3) is 6.17. The van der Waals surface area contributed by atoms with E-state index < -0.39 is 5.91 Å². The van der Waals surface area contributed by atoms with E-state index in [9.17, 15) is 9.90 Å². The van der Waals surface area contributed by atoms with Crippen molar-refractivity contribution in [3.05, 3.63) is 59.9 Å². The number of aliphatic hydroxyl groups is 1. The van der Waals surface area contributed by atoms with E-state index in [1.807, 2.05) is 36.4 Å². The van der Waals surface area contributed by atoms with Crippen LogP contribution in [0.3, 0.4) is 0 Å². The number of amides is 1. The SMILES string of the molecule is CC[C@H](CO)N(Cc1cccc(OCC(N)=O)c1)Cc1ccccn1. The number of nitrogens with two attached hydrogens (primary N) is 1. The molecule has 1 aromatic heterocycles. The van der Waals surface area contributed by atoms with Crippen molar-refractivity contribution in [1.82, 2.24) is 9.88 Å². The van der Waals surface area contributed by atoms with Crippen molar-refractivity contribution in [2.75, 3.05) is 13.2 Å². The van der Waals surface area contributed by atoms with Crippen LogP contribution in [0, 0.1) is 0 Å². The quantitative estimate of drug-likeness (QED) is 0.686. The van der Waals surface area contributed by atoms with Crippen molar-refractivity contribution in [2.45, 2.75) is 32.5 Å². The Labute approximate surface area is 148 Å². The van der Waals surface area contributed by atoms with E-state index >= 15 is 0 Å². The van der Waals surface area contributed by atoms with Gasteiger partial charge < -0.3 is 15.6 Å². The van der Waals surface area contributed by atoms with Gasteiger partial charge in [-0.1, -0.05) is 25.1 Å². The van der Waals surface area contributed by atoms with Gasteiger partial charge in [0.25, 0.3) is 5.91 Å². The Balaban J connectivity index is 2.12. The van der Waals surface area contributed by atoms with Crippen molar-refractivity contribution in [3.8, 4) is 5.75 Å². The molecule has 2 aromatic rings. The summed E-state index contributed by atoms with van der Waals surface area (Å²) < 4.78 is 5.37. The summed E-state index contributed by atoms with van der Waals surface area (Å²) in [5.41, 5.74) is 7.10. The number of benzene rings is 1. The molecule has 1 atom stereocenters. The molecule has 0 spiro atoms. The fourth-order valence-corrected chi connectivity index (χ4v) is 2.64. The number of ether oxygens (including phenoxy) is 1. The lowest BCUT2D eigenvalue weighted by atomic mass is 10.1. The van der Waals surface area contributed by atoms with Crippen LogP contribution < -0.4 is 10.5 Å². The number of carbonyl (C=O) groups is 1. The smallest absolute Gasteiger partial charge is 0.255 e. The van der Waals surface area contributed by atoms with E-state index in [0.717, 1.165) is 17.7 Å². The predicted octanol–water partition coefficient (Wildman–Crippen LogP) is 1.72. The maximum absolute atomic E-state index is 10.9. The molecule has 2 rings (SSSR count). The van der Waals surface area contributed by atoms with E-state index in [1.165, 1.54) is 0 Å². The van der Waals surface area contributed by atoms with Gasteiger partial charge in [0.2, 0.25) is 0 Å². The summed E-state index contributed by atoms with van der Waals surface area (Å²) in [6.07, 6.45) is 2.60. The molecular formula is C19H25N3O3. The van der Waals surface area contributed by atoms with E-state index in [0.29, 0.717) is 18.8 Å². The highest BCUT2D eigenvalue weighted by Gasteiger charge is 2.17. The Bertz CT molecular complexity index is 660. The van der Waals surface area contributed by atoms with Crippen LogP contribution in [0.1, 0.15) is 24.6 Å². The van der Waals surface area contributed by atoms with Crippen LogP contribution in [0.4, 0.5) is 0 Å². The normalized spacial score (nSPS) is 12.1. The minimum absolute atomic E-state index is 0.0391. The molecule has 0 saturated heterocycles. The van der Waals surface area contributed by atoms with Crippen molar-refractivity contribution < 1.29 is 14.6 Å². The van der Waals surface area contributed by atoms with Gasteiger partial charge in [0.1, 0.15) is 5.75 Å². The summed E-state index contributed by atoms with van der Waals surface area (Å²) in [5.74, 6) is 0.0969. The van der Waals surface area contributed by atoms with E-state index in [1.54, 1.807) is 12.3 Å². The van der Waals surface area contributed by atoms with Gasteiger partial charge in [0, 0.05) is 25.3 Å². The molecule has 25 heavy (non-hydrogen) atoms. The van der Waals surface area contributed by atoms with Crippen LogP contribution in [-0.4, -0.2) is 40.2 Å². The number of hydrogen-bond acceptors (Lipinski definition) is 5. The van der Waals surface area contributed by atoms with Gasteiger partial charge >= 0.3 is 0 Å². The summed E-state index contributed by atoms with van der Waals surface area (Å²) in [7, 11) is 0. The average Bonchev–Trinajstić information content (AvgIpc) is 2.62. The molecule has 3 N–H and O–H groups in total. The molecular weight excluding hydrogens is 318 g/mol. The lowest BCUT2D eigenvalue weighted by Crippen LogP contribution is -2.36. The summed E-state index contributed by atoms with van der Waals surface area (Å²) >= 11 is 0. The highest BCUT2D eigenvalue weighted by Crippen LogP contribution is 2.18. The molecule has 0 aliphatic rings. The number of pyridine rings is 1. The largest absolute Gasteiger partial charge is 0.484 e. The standard InChI is InChI=1S/C19H25N3O3/c1-2-17(13-23)22(12-16-7-3-4-9-21-16)11-15-6-5-8-18(10-15)25-14-19(20)24/h3-10,17,23H,2,11-14H2,1H3,(H2,20,24)/t17-/m1/s1. The molecule has 0 unspecified atom stereocenters. The van der Waals surface area contributed by atoms with Crippen LogP contribution in [0.2, 0.25) is 0 Å². The Morgan fingerprint density at radius 2 is 2.12 bits per heavy atom. The van der Waals surface area contributed by atoms with Gasteiger partial charge in [-0.15, -0.1) is 0 Å². The first kappa shape index (κ1) is 18.9. The second kappa shape index (κ2) is 9.76. The molecule has 0 aliphatic carbocycles. The number of aromatic nitrogens is 1. The number of aliphatic hydroxyl groups excluding tert-OH is 1. The zero-order valence-corrected chi connectivity index (χ0v) is 14.5. The van der Waals surface area contributed by atoms with Gasteiger partial charge in [-0.25, -0.2) is 0 Å². The molecule has 6 heteroatoms. The van der Waals surface area contributed by atoms with Crippen LogP contribution in [0.15, 0.2) is 48.7 Å². The topological polar surface area (TPSA) is 88.7 Å². The van der Waals surface area contributed by atoms with Gasteiger partial charge in [-0.3, -0.25) is 14.7 Å². The van der Waals surface area contributed by atoms with Crippen molar-refractivity contribution in [3.63, 3.8) is 0 Å². The Morgan fingerprint density at radius 3 is 2.76 bits per heavy atom. The van der Waals surface area contributed by atoms with Crippen LogP contribution in [-0.2, 0) is 17.9 Å². The lowest BCUT2D eigenvalue weighted by Gasteiger charge is -2.29. The summed E-state index contributed by atoms with van der Waals surface area (Å²) in [4.78, 5) is 17.4. The third-order valence-electron chi connectivity index (χ3n) is 3.95. The Kier molecular flexibility index (Phi) is 7.37. The molecule has 0 saturated carbocycles. The highest BCUT2D eigenvalue weighted by molar-refractivity contribution is 5.75. The zero-order valence-electron chi connectivity index (χ0n) is 14.5. The number of nitrogens with zero attached hydrogens (tertiary/aromatic N) is 2. The molecule has 6 nitrogen and oxygen atoms in total. The molecule has 1 aromatic carbocycles. The molecule has 1 amide bonds. The van der Waals surface area contributed by atoms with Gasteiger partial charge in [-0.2, -0.15) is 0 Å². The van der Waals surface area contributed by atoms with Crippen LogP contribution in [0.5, 0.6) is 5.75 Å². The number of rotatable bonds is 10. The van der Waals surface area contributed by atoms with Crippen molar-refractivity contribution in [1.29, 1.82) is 0 Å². The van der Waals surface area contributed by atoms with Crippen molar-refractivity contribution in [2.24, 2.45) is 5.73 Å². The fourth-order valence-electron chi connectivity index (χ4n) is 2.64. The second-order valence-corrected chi connectivity index (χ2v) is 5.87. The minimum Gasteiger partial charge on any atom is -0.484 e. The third-order valence-corrected chi connectivity index (χ3v) is 3.95. The molecule has 1 heterocycles. The summed E-state index contributed by atoms with van der Waals surface area (Å²) in [5, 5.41) is 9.71. The van der Waals surface area contributed by atoms with E-state index in [-0.39, 0.29) is 19.3 Å². The van der Waals surface area contributed by atoms with Crippen LogP contribution >= 0.6 is 0 Å². The van der Waals surface area contributed by atoms with Gasteiger partial charge in [0.15, 0.2) is 6.61 Å². The average molecular weight is 343 g/mol. The van der Waals surface area contributed by atoms with E-state index in [2.05, 4.69) is 16.8 Å². The Hall–Kier alpha value is -2.44. The number of carbonyl (C=O) groups excluding carboxylic acids is 1. The van der Waals surface area contributed by atoms with E-state index in [4.69, 9.17) is 10.5 Å². The van der Waals surface area contributed by atoms with Crippen molar-refractivity contribution >= 4 is 5.91 Å². The molecule has 0 bridgehead atoms. The number of primary amides is 1. The monoisotopic (exact) mass is 343 g/mol. The minimum atomic E-state index is -0.506. The molecule has 0 aliphatic heterocycles. The maximum atomic E-state index is 10.9. The van der Waals surface area contributed by atoms with Crippen LogP contribution in [0.25, 0.3) is 0 Å². The molecule has 0 fully saturated rings. The highest BCUT2D eigenvalue weighted by atomic mass is 16.5.